The van der Waals surface area contributed by atoms with Crippen molar-refractivity contribution in [2.24, 2.45) is 5.92 Å². The fourth-order valence-electron chi connectivity index (χ4n) is 2.63. The summed E-state index contributed by atoms with van der Waals surface area (Å²) in [4.78, 5) is 16.6. The second-order valence-corrected chi connectivity index (χ2v) is 6.56. The van der Waals surface area contributed by atoms with Crippen LogP contribution in [0.3, 0.4) is 0 Å². The van der Waals surface area contributed by atoms with Crippen molar-refractivity contribution in [3.05, 3.63) is 24.3 Å². The van der Waals surface area contributed by atoms with Crippen LogP contribution in [0.1, 0.15) is 20.8 Å². The number of carbonyl (C=O) groups is 1. The van der Waals surface area contributed by atoms with Crippen molar-refractivity contribution < 1.29 is 9.53 Å². The highest BCUT2D eigenvalue weighted by Gasteiger charge is 2.20. The van der Waals surface area contributed by atoms with Gasteiger partial charge < -0.3 is 15.0 Å². The molecule has 0 spiro atoms. The van der Waals surface area contributed by atoms with Gasteiger partial charge in [-0.25, -0.2) is 0 Å². The zero-order valence-corrected chi connectivity index (χ0v) is 14.7. The Balaban J connectivity index is 1.78. The van der Waals surface area contributed by atoms with Crippen LogP contribution in [-0.2, 0) is 4.79 Å². The highest BCUT2D eigenvalue weighted by molar-refractivity contribution is 5.78. The third-order valence-corrected chi connectivity index (χ3v) is 4.57. The molecule has 1 aromatic rings. The van der Waals surface area contributed by atoms with Gasteiger partial charge in [0.2, 0.25) is 5.91 Å². The van der Waals surface area contributed by atoms with Gasteiger partial charge in [-0.3, -0.25) is 9.69 Å². The number of piperazine rings is 1. The lowest BCUT2D eigenvalue weighted by molar-refractivity contribution is -0.123. The minimum Gasteiger partial charge on any atom is -0.497 e. The van der Waals surface area contributed by atoms with Crippen molar-refractivity contribution in [3.63, 3.8) is 0 Å². The van der Waals surface area contributed by atoms with E-state index in [9.17, 15) is 4.79 Å². The van der Waals surface area contributed by atoms with Gasteiger partial charge in [0.15, 0.2) is 0 Å². The third kappa shape index (κ3) is 5.13. The molecule has 0 bridgehead atoms. The van der Waals surface area contributed by atoms with Crippen LogP contribution in [0.15, 0.2) is 24.3 Å². The van der Waals surface area contributed by atoms with Gasteiger partial charge in [0.05, 0.1) is 13.7 Å². The average Bonchev–Trinajstić information content (AvgIpc) is 2.55. The lowest BCUT2D eigenvalue weighted by Crippen LogP contribution is -2.50. The molecule has 128 valence electrons. The van der Waals surface area contributed by atoms with E-state index < -0.39 is 0 Å². The number of hydrogen-bond donors (Lipinski definition) is 1. The van der Waals surface area contributed by atoms with Crippen LogP contribution >= 0.6 is 0 Å². The Labute approximate surface area is 139 Å². The summed E-state index contributed by atoms with van der Waals surface area (Å²) in [6, 6.07) is 8.38. The second-order valence-electron chi connectivity index (χ2n) is 6.56. The summed E-state index contributed by atoms with van der Waals surface area (Å²) in [7, 11) is 1.68. The van der Waals surface area contributed by atoms with Gasteiger partial charge in [-0.2, -0.15) is 0 Å². The first-order valence-corrected chi connectivity index (χ1v) is 8.40. The molecule has 1 N–H and O–H groups in total. The van der Waals surface area contributed by atoms with Gasteiger partial charge in [0.25, 0.3) is 0 Å². The minimum atomic E-state index is 0.129. The molecule has 5 heteroatoms. The maximum Gasteiger partial charge on any atom is 0.234 e. The number of carbonyl (C=O) groups excluding carboxylic acids is 1. The Hall–Kier alpha value is -1.75. The number of ether oxygens (including phenoxy) is 1. The molecule has 2 rings (SSSR count). The average molecular weight is 319 g/mol. The van der Waals surface area contributed by atoms with Crippen molar-refractivity contribution in [1.82, 2.24) is 10.2 Å². The summed E-state index contributed by atoms with van der Waals surface area (Å²) < 4.78 is 5.19. The van der Waals surface area contributed by atoms with E-state index >= 15 is 0 Å². The zero-order chi connectivity index (χ0) is 16.8. The minimum absolute atomic E-state index is 0.129. The molecular weight excluding hydrogens is 290 g/mol. The number of rotatable bonds is 6. The molecule has 1 aliphatic rings. The van der Waals surface area contributed by atoms with E-state index in [0.717, 1.165) is 31.9 Å². The number of benzene rings is 1. The monoisotopic (exact) mass is 319 g/mol. The van der Waals surface area contributed by atoms with E-state index in [0.29, 0.717) is 12.5 Å². The maximum absolute atomic E-state index is 12.1. The van der Waals surface area contributed by atoms with Crippen LogP contribution in [0.5, 0.6) is 5.75 Å². The van der Waals surface area contributed by atoms with Crippen LogP contribution in [0.4, 0.5) is 5.69 Å². The van der Waals surface area contributed by atoms with E-state index in [1.165, 1.54) is 5.69 Å². The summed E-state index contributed by atoms with van der Waals surface area (Å²) in [5.41, 5.74) is 1.21. The largest absolute Gasteiger partial charge is 0.497 e. The first-order valence-electron chi connectivity index (χ1n) is 8.40. The Kier molecular flexibility index (Phi) is 6.28. The number of methoxy groups -OCH3 is 1. The molecule has 0 aromatic heterocycles. The summed E-state index contributed by atoms with van der Waals surface area (Å²) in [5.74, 6) is 1.47. The first kappa shape index (κ1) is 17.6. The quantitative estimate of drug-likeness (QED) is 0.871. The molecule has 1 fully saturated rings. The second kappa shape index (κ2) is 8.20. The van der Waals surface area contributed by atoms with Crippen molar-refractivity contribution >= 4 is 11.6 Å². The first-order chi connectivity index (χ1) is 11.0. The summed E-state index contributed by atoms with van der Waals surface area (Å²) in [5, 5.41) is 3.07. The van der Waals surface area contributed by atoms with Crippen LogP contribution in [0.2, 0.25) is 0 Å². The van der Waals surface area contributed by atoms with E-state index in [-0.39, 0.29) is 11.9 Å². The van der Waals surface area contributed by atoms with Crippen LogP contribution in [0, 0.1) is 5.92 Å². The van der Waals surface area contributed by atoms with E-state index in [1.54, 1.807) is 7.11 Å². The number of hydrogen-bond acceptors (Lipinski definition) is 4. The topological polar surface area (TPSA) is 44.8 Å². The third-order valence-electron chi connectivity index (χ3n) is 4.57. The van der Waals surface area contributed by atoms with E-state index in [2.05, 4.69) is 48.0 Å². The molecule has 0 saturated carbocycles. The molecule has 0 unspecified atom stereocenters. The Morgan fingerprint density at radius 2 is 1.74 bits per heavy atom. The lowest BCUT2D eigenvalue weighted by atomic mass is 10.1. The van der Waals surface area contributed by atoms with Crippen molar-refractivity contribution in [2.75, 3.05) is 44.7 Å². The normalized spacial score (nSPS) is 17.2. The number of nitrogens with zero attached hydrogens (tertiary/aromatic N) is 2. The van der Waals surface area contributed by atoms with Gasteiger partial charge in [-0.05, 0) is 37.1 Å². The van der Waals surface area contributed by atoms with Gasteiger partial charge >= 0.3 is 0 Å². The van der Waals surface area contributed by atoms with E-state index in [1.807, 2.05) is 12.1 Å². The van der Waals surface area contributed by atoms with Gasteiger partial charge in [-0.1, -0.05) is 13.8 Å². The van der Waals surface area contributed by atoms with Crippen LogP contribution in [0.25, 0.3) is 0 Å². The molecule has 1 heterocycles. The smallest absolute Gasteiger partial charge is 0.234 e. The molecule has 1 amide bonds. The van der Waals surface area contributed by atoms with Gasteiger partial charge in [0, 0.05) is 37.9 Å². The Morgan fingerprint density at radius 1 is 1.13 bits per heavy atom. The van der Waals surface area contributed by atoms with Crippen molar-refractivity contribution in [1.29, 1.82) is 0 Å². The number of anilines is 1. The Bertz CT molecular complexity index is 493. The van der Waals surface area contributed by atoms with Gasteiger partial charge in [-0.15, -0.1) is 0 Å². The van der Waals surface area contributed by atoms with Crippen LogP contribution < -0.4 is 15.0 Å². The zero-order valence-electron chi connectivity index (χ0n) is 14.7. The fourth-order valence-corrected chi connectivity index (χ4v) is 2.63. The highest BCUT2D eigenvalue weighted by atomic mass is 16.5. The lowest BCUT2D eigenvalue weighted by Gasteiger charge is -2.36. The molecule has 1 aliphatic heterocycles. The predicted octanol–water partition coefficient (Wildman–Crippen LogP) is 1.98. The maximum atomic E-state index is 12.1. The van der Waals surface area contributed by atoms with Crippen molar-refractivity contribution in [3.8, 4) is 5.75 Å². The fraction of sp³-hybridized carbons (Fsp3) is 0.611. The molecule has 5 nitrogen and oxygen atoms in total. The van der Waals surface area contributed by atoms with E-state index in [4.69, 9.17) is 4.74 Å². The summed E-state index contributed by atoms with van der Waals surface area (Å²) in [6.45, 7) is 10.5. The molecule has 0 radical (unpaired) electrons. The molecule has 23 heavy (non-hydrogen) atoms. The summed E-state index contributed by atoms with van der Waals surface area (Å²) >= 11 is 0. The number of nitrogens with one attached hydrogen (secondary N) is 1. The highest BCUT2D eigenvalue weighted by Crippen LogP contribution is 2.20. The van der Waals surface area contributed by atoms with Gasteiger partial charge in [0.1, 0.15) is 5.75 Å². The van der Waals surface area contributed by atoms with Crippen molar-refractivity contribution in [2.45, 2.75) is 26.8 Å². The van der Waals surface area contributed by atoms with Crippen LogP contribution in [-0.4, -0.2) is 56.7 Å². The molecule has 1 saturated heterocycles. The molecule has 1 aromatic carbocycles. The Morgan fingerprint density at radius 3 is 2.26 bits per heavy atom. The molecule has 1 atom stereocenters. The molecule has 0 aliphatic carbocycles. The predicted molar refractivity (Wildman–Crippen MR) is 94.1 cm³/mol. The SMILES string of the molecule is COc1ccc(N2CCN(CC(=O)N[C@H](C)C(C)C)CC2)cc1. The molecular formula is C18H29N3O2. The summed E-state index contributed by atoms with van der Waals surface area (Å²) in [6.07, 6.45) is 0. The standard InChI is InChI=1S/C18H29N3O2/c1-14(2)15(3)19-18(22)13-20-9-11-21(12-10-20)16-5-7-17(23-4)8-6-16/h5-8,14-15H,9-13H2,1-4H3,(H,19,22)/t15-/m1/s1. The number of amides is 1.